The fourth-order valence-electron chi connectivity index (χ4n) is 3.67. The van der Waals surface area contributed by atoms with E-state index >= 15 is 0 Å². The van der Waals surface area contributed by atoms with Gasteiger partial charge in [0.25, 0.3) is 0 Å². The largest absolute Gasteiger partial charge is 0.208 e. The molecule has 0 N–H and O–H groups in total. The average molecular weight is 412 g/mol. The zero-order valence-electron chi connectivity index (χ0n) is 17.5. The van der Waals surface area contributed by atoms with Crippen LogP contribution in [0.1, 0.15) is 5.56 Å². The third-order valence-corrected chi connectivity index (χ3v) is 5.30. The highest BCUT2D eigenvalue weighted by molar-refractivity contribution is 5.83. The Bertz CT molecular complexity index is 1300. The summed E-state index contributed by atoms with van der Waals surface area (Å²) in [6.07, 6.45) is 1.84. The fourth-order valence-corrected chi connectivity index (χ4v) is 3.67. The quantitative estimate of drug-likeness (QED) is 0.307. The first-order valence-electron chi connectivity index (χ1n) is 10.5. The maximum absolute atomic E-state index is 4.90. The van der Waals surface area contributed by atoms with Crippen LogP contribution in [0.15, 0.2) is 116 Å². The van der Waals surface area contributed by atoms with Gasteiger partial charge in [-0.25, -0.2) is 15.0 Å². The molecule has 0 amide bonds. The molecule has 0 unspecified atom stereocenters. The van der Waals surface area contributed by atoms with Crippen molar-refractivity contribution in [2.75, 3.05) is 0 Å². The lowest BCUT2D eigenvalue weighted by atomic mass is 9.97. The van der Waals surface area contributed by atoms with Gasteiger partial charge in [0.15, 0.2) is 17.5 Å². The predicted octanol–water partition coefficient (Wildman–Crippen LogP) is 7.18. The number of rotatable bonds is 5. The minimum absolute atomic E-state index is 0.639. The van der Waals surface area contributed by atoms with Gasteiger partial charge in [0, 0.05) is 16.7 Å². The van der Waals surface area contributed by atoms with Crippen LogP contribution in [0, 0.1) is 0 Å². The van der Waals surface area contributed by atoms with Crippen molar-refractivity contribution in [1.82, 2.24) is 15.0 Å². The second kappa shape index (κ2) is 8.78. The minimum Gasteiger partial charge on any atom is -0.208 e. The fraction of sp³-hybridized carbons (Fsp3) is 0. The Morgan fingerprint density at radius 2 is 0.938 bits per heavy atom. The van der Waals surface area contributed by atoms with E-state index in [0.717, 1.165) is 33.4 Å². The van der Waals surface area contributed by atoms with Crippen LogP contribution in [0.3, 0.4) is 0 Å². The molecule has 0 aliphatic carbocycles. The summed E-state index contributed by atoms with van der Waals surface area (Å²) < 4.78 is 0. The molecule has 1 heterocycles. The highest BCUT2D eigenvalue weighted by Crippen LogP contribution is 2.33. The molecule has 0 fully saturated rings. The van der Waals surface area contributed by atoms with Gasteiger partial charge in [-0.05, 0) is 22.8 Å². The van der Waals surface area contributed by atoms with E-state index in [9.17, 15) is 0 Å². The van der Waals surface area contributed by atoms with Gasteiger partial charge in [-0.1, -0.05) is 116 Å². The van der Waals surface area contributed by atoms with E-state index in [1.165, 1.54) is 0 Å². The van der Waals surface area contributed by atoms with E-state index < -0.39 is 0 Å². The van der Waals surface area contributed by atoms with Crippen LogP contribution < -0.4 is 0 Å². The summed E-state index contributed by atoms with van der Waals surface area (Å²) in [5.41, 5.74) is 6.05. The molecular weight excluding hydrogens is 390 g/mol. The minimum atomic E-state index is 0.639. The number of hydrogen-bond acceptors (Lipinski definition) is 3. The lowest BCUT2D eigenvalue weighted by Crippen LogP contribution is -2.01. The number of nitrogens with zero attached hydrogens (tertiary/aromatic N) is 3. The van der Waals surface area contributed by atoms with Crippen molar-refractivity contribution in [3.8, 4) is 45.3 Å². The molecule has 152 valence electrons. The van der Waals surface area contributed by atoms with Crippen LogP contribution in [0.25, 0.3) is 51.4 Å². The molecule has 5 aromatic rings. The molecule has 0 saturated carbocycles. The first-order valence-corrected chi connectivity index (χ1v) is 10.5. The Balaban J connectivity index is 1.77. The van der Waals surface area contributed by atoms with Crippen molar-refractivity contribution in [2.45, 2.75) is 0 Å². The summed E-state index contributed by atoms with van der Waals surface area (Å²) in [5, 5.41) is 0. The van der Waals surface area contributed by atoms with Crippen LogP contribution in [0.5, 0.6) is 0 Å². The lowest BCUT2D eigenvalue weighted by molar-refractivity contribution is 1.07. The van der Waals surface area contributed by atoms with Gasteiger partial charge in [-0.3, -0.25) is 0 Å². The molecule has 0 radical (unpaired) electrons. The summed E-state index contributed by atoms with van der Waals surface area (Å²) in [5.74, 6) is 1.94. The normalized spacial score (nSPS) is 10.6. The summed E-state index contributed by atoms with van der Waals surface area (Å²) >= 11 is 0. The van der Waals surface area contributed by atoms with Crippen molar-refractivity contribution in [2.24, 2.45) is 0 Å². The predicted molar refractivity (Wildman–Crippen MR) is 132 cm³/mol. The monoisotopic (exact) mass is 411 g/mol. The van der Waals surface area contributed by atoms with E-state index in [0.29, 0.717) is 17.5 Å². The molecular formula is C29H21N3. The van der Waals surface area contributed by atoms with E-state index in [2.05, 4.69) is 36.9 Å². The summed E-state index contributed by atoms with van der Waals surface area (Å²) in [7, 11) is 0. The standard InChI is InChI=1S/C29H21N3/c1-2-21-18-19-25(22-12-6-3-7-13-22)26(20-21)29-31-27(23-14-8-4-9-15-23)30-28(32-29)24-16-10-5-11-17-24/h2-20H,1H2. The molecule has 0 aliphatic rings. The van der Waals surface area contributed by atoms with Crippen molar-refractivity contribution < 1.29 is 0 Å². The Morgan fingerprint density at radius 3 is 1.44 bits per heavy atom. The molecule has 0 aliphatic heterocycles. The Hall–Kier alpha value is -4.37. The zero-order valence-corrected chi connectivity index (χ0v) is 17.5. The molecule has 1 aromatic heterocycles. The number of benzene rings is 4. The molecule has 5 rings (SSSR count). The third kappa shape index (κ3) is 3.96. The van der Waals surface area contributed by atoms with Crippen LogP contribution >= 0.6 is 0 Å². The molecule has 32 heavy (non-hydrogen) atoms. The van der Waals surface area contributed by atoms with Crippen molar-refractivity contribution in [3.63, 3.8) is 0 Å². The van der Waals surface area contributed by atoms with Crippen LogP contribution in [-0.4, -0.2) is 15.0 Å². The summed E-state index contributed by atoms with van der Waals surface area (Å²) in [4.78, 5) is 14.6. The first kappa shape index (κ1) is 19.6. The Labute approximate surface area is 187 Å². The first-order chi connectivity index (χ1) is 15.8. The molecule has 0 bridgehead atoms. The Kier molecular flexibility index (Phi) is 5.38. The van der Waals surface area contributed by atoms with Crippen LogP contribution in [0.2, 0.25) is 0 Å². The highest BCUT2D eigenvalue weighted by atomic mass is 15.0. The van der Waals surface area contributed by atoms with Gasteiger partial charge < -0.3 is 0 Å². The second-order valence-corrected chi connectivity index (χ2v) is 7.41. The van der Waals surface area contributed by atoms with Crippen molar-refractivity contribution >= 4 is 6.08 Å². The van der Waals surface area contributed by atoms with E-state index in [-0.39, 0.29) is 0 Å². The maximum Gasteiger partial charge on any atom is 0.164 e. The molecule has 0 spiro atoms. The SMILES string of the molecule is C=Cc1ccc(-c2ccccc2)c(-c2nc(-c3ccccc3)nc(-c3ccccc3)n2)c1. The maximum atomic E-state index is 4.90. The second-order valence-electron chi connectivity index (χ2n) is 7.41. The zero-order chi connectivity index (χ0) is 21.8. The van der Waals surface area contributed by atoms with Gasteiger partial charge in [-0.15, -0.1) is 0 Å². The Morgan fingerprint density at radius 1 is 0.469 bits per heavy atom. The van der Waals surface area contributed by atoms with Crippen LogP contribution in [0.4, 0.5) is 0 Å². The molecule has 0 saturated heterocycles. The highest BCUT2D eigenvalue weighted by Gasteiger charge is 2.15. The van der Waals surface area contributed by atoms with E-state index in [1.807, 2.05) is 84.9 Å². The van der Waals surface area contributed by atoms with Crippen molar-refractivity contribution in [1.29, 1.82) is 0 Å². The third-order valence-electron chi connectivity index (χ3n) is 5.30. The van der Waals surface area contributed by atoms with Gasteiger partial charge in [0.2, 0.25) is 0 Å². The topological polar surface area (TPSA) is 38.7 Å². The van der Waals surface area contributed by atoms with E-state index in [1.54, 1.807) is 0 Å². The van der Waals surface area contributed by atoms with Gasteiger partial charge >= 0.3 is 0 Å². The molecule has 3 heteroatoms. The molecule has 0 atom stereocenters. The summed E-state index contributed by atoms with van der Waals surface area (Å²) in [6, 6.07) is 36.6. The number of hydrogen-bond donors (Lipinski definition) is 0. The molecule has 3 nitrogen and oxygen atoms in total. The number of aromatic nitrogens is 3. The molecule has 4 aromatic carbocycles. The van der Waals surface area contributed by atoms with Gasteiger partial charge in [-0.2, -0.15) is 0 Å². The van der Waals surface area contributed by atoms with Gasteiger partial charge in [0.1, 0.15) is 0 Å². The summed E-state index contributed by atoms with van der Waals surface area (Å²) in [6.45, 7) is 3.95. The van der Waals surface area contributed by atoms with Gasteiger partial charge in [0.05, 0.1) is 0 Å². The smallest absolute Gasteiger partial charge is 0.164 e. The van der Waals surface area contributed by atoms with Crippen molar-refractivity contribution in [3.05, 3.63) is 121 Å². The van der Waals surface area contributed by atoms with E-state index in [4.69, 9.17) is 15.0 Å². The average Bonchev–Trinajstić information content (AvgIpc) is 2.89. The lowest BCUT2D eigenvalue weighted by Gasteiger charge is -2.13. The van der Waals surface area contributed by atoms with Crippen LogP contribution in [-0.2, 0) is 0 Å².